The third-order valence-corrected chi connectivity index (χ3v) is 6.70. The molecule has 20 heavy (non-hydrogen) atoms. The van der Waals surface area contributed by atoms with E-state index in [9.17, 15) is 8.42 Å². The second-order valence-corrected chi connectivity index (χ2v) is 9.32. The summed E-state index contributed by atoms with van der Waals surface area (Å²) in [5.74, 6) is 0.569. The highest BCUT2D eigenvalue weighted by molar-refractivity contribution is 7.88. The van der Waals surface area contributed by atoms with Crippen LogP contribution in [0, 0.1) is 11.3 Å². The third kappa shape index (κ3) is 3.55. The smallest absolute Gasteiger partial charge is 0.211 e. The van der Waals surface area contributed by atoms with Crippen molar-refractivity contribution in [2.45, 2.75) is 57.4 Å². The zero-order valence-electron chi connectivity index (χ0n) is 12.6. The van der Waals surface area contributed by atoms with Crippen molar-refractivity contribution in [3.8, 4) is 0 Å². The molecular formula is C15H28N2O2S. The Labute approximate surface area is 123 Å². The van der Waals surface area contributed by atoms with Crippen LogP contribution in [0.4, 0.5) is 0 Å². The Hall–Kier alpha value is -0.130. The van der Waals surface area contributed by atoms with E-state index < -0.39 is 10.0 Å². The zero-order valence-corrected chi connectivity index (χ0v) is 13.4. The lowest BCUT2D eigenvalue weighted by atomic mass is 9.63. The topological polar surface area (TPSA) is 49.4 Å². The van der Waals surface area contributed by atoms with Crippen molar-refractivity contribution in [1.29, 1.82) is 0 Å². The zero-order chi connectivity index (χ0) is 14.2. The third-order valence-electron chi connectivity index (χ3n) is 5.43. The SMILES string of the molecule is CS(=O)(=O)N1CCCC(CC2(CNC3CC3)CCC2)C1. The quantitative estimate of drug-likeness (QED) is 0.816. The van der Waals surface area contributed by atoms with Crippen LogP contribution in [0.2, 0.25) is 0 Å². The van der Waals surface area contributed by atoms with Crippen molar-refractivity contribution in [2.75, 3.05) is 25.9 Å². The maximum absolute atomic E-state index is 11.7. The summed E-state index contributed by atoms with van der Waals surface area (Å²) >= 11 is 0. The Morgan fingerprint density at radius 3 is 2.50 bits per heavy atom. The molecule has 3 fully saturated rings. The van der Waals surface area contributed by atoms with Gasteiger partial charge in [0.1, 0.15) is 0 Å². The van der Waals surface area contributed by atoms with Gasteiger partial charge in [-0.2, -0.15) is 0 Å². The molecule has 2 aliphatic carbocycles. The maximum atomic E-state index is 11.7. The number of nitrogens with zero attached hydrogens (tertiary/aromatic N) is 1. The number of sulfonamides is 1. The van der Waals surface area contributed by atoms with E-state index in [1.54, 1.807) is 4.31 Å². The minimum absolute atomic E-state index is 0.480. The van der Waals surface area contributed by atoms with Gasteiger partial charge in [-0.1, -0.05) is 6.42 Å². The molecule has 0 radical (unpaired) electrons. The summed E-state index contributed by atoms with van der Waals surface area (Å²) in [5, 5.41) is 3.70. The lowest BCUT2D eigenvalue weighted by Crippen LogP contribution is -2.46. The molecule has 3 rings (SSSR count). The molecule has 0 aromatic carbocycles. The Morgan fingerprint density at radius 2 is 1.95 bits per heavy atom. The Balaban J connectivity index is 1.55. The van der Waals surface area contributed by atoms with E-state index in [1.807, 2.05) is 0 Å². The predicted molar refractivity (Wildman–Crippen MR) is 81.1 cm³/mol. The molecule has 1 unspecified atom stereocenters. The van der Waals surface area contributed by atoms with Crippen LogP contribution in [0.15, 0.2) is 0 Å². The predicted octanol–water partition coefficient (Wildman–Crippen LogP) is 1.97. The van der Waals surface area contributed by atoms with Crippen LogP contribution in [0.5, 0.6) is 0 Å². The second kappa shape index (κ2) is 5.58. The summed E-state index contributed by atoms with van der Waals surface area (Å²) in [6.07, 6.45) is 11.5. The Morgan fingerprint density at radius 1 is 1.20 bits per heavy atom. The molecule has 1 N–H and O–H groups in total. The molecule has 1 atom stereocenters. The fraction of sp³-hybridized carbons (Fsp3) is 1.00. The average Bonchev–Trinajstić information content (AvgIpc) is 3.16. The van der Waals surface area contributed by atoms with E-state index in [2.05, 4.69) is 5.32 Å². The average molecular weight is 300 g/mol. The van der Waals surface area contributed by atoms with E-state index in [0.717, 1.165) is 32.1 Å². The van der Waals surface area contributed by atoms with Crippen molar-refractivity contribution >= 4 is 10.0 Å². The first-order valence-corrected chi connectivity index (χ1v) is 10.0. The first kappa shape index (κ1) is 14.8. The van der Waals surface area contributed by atoms with Crippen molar-refractivity contribution < 1.29 is 8.42 Å². The number of piperidine rings is 1. The van der Waals surface area contributed by atoms with Gasteiger partial charge in [-0.25, -0.2) is 12.7 Å². The summed E-state index contributed by atoms with van der Waals surface area (Å²) in [7, 11) is -3.00. The van der Waals surface area contributed by atoms with Gasteiger partial charge in [0.25, 0.3) is 0 Å². The molecule has 5 heteroatoms. The molecule has 0 aromatic rings. The van der Waals surface area contributed by atoms with Crippen LogP contribution in [0.3, 0.4) is 0 Å². The van der Waals surface area contributed by atoms with E-state index in [0.29, 0.717) is 11.3 Å². The molecule has 4 nitrogen and oxygen atoms in total. The molecule has 1 saturated heterocycles. The van der Waals surface area contributed by atoms with E-state index in [4.69, 9.17) is 0 Å². The molecule has 116 valence electrons. The Bertz CT molecular complexity index is 441. The monoisotopic (exact) mass is 300 g/mol. The number of hydrogen-bond acceptors (Lipinski definition) is 3. The van der Waals surface area contributed by atoms with Crippen LogP contribution in [-0.2, 0) is 10.0 Å². The van der Waals surface area contributed by atoms with Crippen LogP contribution < -0.4 is 5.32 Å². The second-order valence-electron chi connectivity index (χ2n) is 7.34. The number of rotatable bonds is 6. The highest BCUT2D eigenvalue weighted by Crippen LogP contribution is 2.47. The molecule has 3 aliphatic rings. The normalized spacial score (nSPS) is 30.9. The first-order valence-electron chi connectivity index (χ1n) is 8.15. The van der Waals surface area contributed by atoms with Crippen molar-refractivity contribution in [3.05, 3.63) is 0 Å². The van der Waals surface area contributed by atoms with Crippen molar-refractivity contribution in [3.63, 3.8) is 0 Å². The summed E-state index contributed by atoms with van der Waals surface area (Å²) in [6.45, 7) is 2.64. The molecule has 2 saturated carbocycles. The van der Waals surface area contributed by atoms with Crippen molar-refractivity contribution in [2.24, 2.45) is 11.3 Å². The van der Waals surface area contributed by atoms with Gasteiger partial charge in [0, 0.05) is 25.7 Å². The van der Waals surface area contributed by atoms with Crippen molar-refractivity contribution in [1.82, 2.24) is 9.62 Å². The molecule has 0 spiro atoms. The van der Waals surface area contributed by atoms with Gasteiger partial charge < -0.3 is 5.32 Å². The molecule has 0 aromatic heterocycles. The fourth-order valence-electron chi connectivity index (χ4n) is 3.89. The van der Waals surface area contributed by atoms with Crippen LogP contribution in [-0.4, -0.2) is 44.7 Å². The Kier molecular flexibility index (Phi) is 4.13. The van der Waals surface area contributed by atoms with Gasteiger partial charge >= 0.3 is 0 Å². The molecule has 1 aliphatic heterocycles. The minimum Gasteiger partial charge on any atom is -0.313 e. The lowest BCUT2D eigenvalue weighted by molar-refractivity contribution is 0.0743. The van der Waals surface area contributed by atoms with Gasteiger partial charge in [-0.05, 0) is 56.3 Å². The standard InChI is InChI=1S/C15H28N2O2S/c1-20(18,19)17-9-2-4-13(11-17)10-15(7-3-8-15)12-16-14-5-6-14/h13-14,16H,2-12H2,1H3. The number of hydrogen-bond donors (Lipinski definition) is 1. The minimum atomic E-state index is -3.00. The largest absolute Gasteiger partial charge is 0.313 e. The summed E-state index contributed by atoms with van der Waals surface area (Å²) in [4.78, 5) is 0. The highest BCUT2D eigenvalue weighted by Gasteiger charge is 2.41. The highest BCUT2D eigenvalue weighted by atomic mass is 32.2. The van der Waals surface area contributed by atoms with Crippen LogP contribution in [0.1, 0.15) is 51.4 Å². The van der Waals surface area contributed by atoms with Gasteiger partial charge in [0.05, 0.1) is 6.26 Å². The molecule has 0 bridgehead atoms. The summed E-state index contributed by atoms with van der Waals surface area (Å²) < 4.78 is 25.1. The van der Waals surface area contributed by atoms with Crippen LogP contribution in [0.25, 0.3) is 0 Å². The van der Waals surface area contributed by atoms with Gasteiger partial charge in [0.2, 0.25) is 10.0 Å². The molecule has 0 amide bonds. The van der Waals surface area contributed by atoms with E-state index in [-0.39, 0.29) is 0 Å². The fourth-order valence-corrected chi connectivity index (χ4v) is 4.83. The first-order chi connectivity index (χ1) is 9.47. The van der Waals surface area contributed by atoms with E-state index >= 15 is 0 Å². The lowest BCUT2D eigenvalue weighted by Gasteiger charge is -2.46. The maximum Gasteiger partial charge on any atom is 0.211 e. The van der Waals surface area contributed by atoms with Gasteiger partial charge in [-0.15, -0.1) is 0 Å². The summed E-state index contributed by atoms with van der Waals surface area (Å²) in [6, 6.07) is 0.784. The van der Waals surface area contributed by atoms with Gasteiger partial charge in [0.15, 0.2) is 0 Å². The molecular weight excluding hydrogens is 272 g/mol. The van der Waals surface area contributed by atoms with Crippen LogP contribution >= 0.6 is 0 Å². The van der Waals surface area contributed by atoms with E-state index in [1.165, 1.54) is 51.2 Å². The molecule has 1 heterocycles. The number of nitrogens with one attached hydrogen (secondary N) is 1. The summed E-state index contributed by atoms with van der Waals surface area (Å²) in [5.41, 5.74) is 0.480. The van der Waals surface area contributed by atoms with Gasteiger partial charge in [-0.3, -0.25) is 0 Å².